The summed E-state index contributed by atoms with van der Waals surface area (Å²) in [6.07, 6.45) is 5.16. The van der Waals surface area contributed by atoms with Crippen molar-refractivity contribution in [3.8, 4) is 0 Å². The molecule has 2 aromatic heterocycles. The number of aromatic nitrogens is 3. The van der Waals surface area contributed by atoms with Gasteiger partial charge in [0, 0.05) is 63.1 Å². The summed E-state index contributed by atoms with van der Waals surface area (Å²) in [7, 11) is 5.88. The monoisotopic (exact) mass is 380 g/mol. The number of hydrogen-bond donors (Lipinski definition) is 2. The number of hydrogen-bond acceptors (Lipinski definition) is 2. The van der Waals surface area contributed by atoms with Crippen LogP contribution in [0.5, 0.6) is 0 Å². The Labute approximate surface area is 167 Å². The van der Waals surface area contributed by atoms with E-state index in [4.69, 9.17) is 0 Å². The molecule has 0 amide bonds. The van der Waals surface area contributed by atoms with Crippen LogP contribution in [0.15, 0.2) is 35.6 Å². The second-order valence-corrected chi connectivity index (χ2v) is 7.81. The van der Waals surface area contributed by atoms with Crippen LogP contribution < -0.4 is 5.32 Å². The predicted octanol–water partition coefficient (Wildman–Crippen LogP) is 3.58. The normalized spacial score (nSPS) is 12.2. The van der Waals surface area contributed by atoms with Crippen LogP contribution in [0.3, 0.4) is 0 Å². The van der Waals surface area contributed by atoms with Gasteiger partial charge < -0.3 is 15.2 Å². The predicted molar refractivity (Wildman–Crippen MR) is 117 cm³/mol. The fourth-order valence-corrected chi connectivity index (χ4v) is 3.69. The standard InChI is InChI=1S/C22H32N6/c1-15(2)21-18(14-28(6)26-21)13-27(5)22(23-4)24-10-9-17-12-25-20-11-16(3)7-8-19(17)20/h7-8,11-12,14-15,25H,9-10,13H2,1-6H3,(H,23,24). The molecule has 0 saturated heterocycles. The highest BCUT2D eigenvalue weighted by Gasteiger charge is 2.15. The average molecular weight is 381 g/mol. The lowest BCUT2D eigenvalue weighted by molar-refractivity contribution is 0.474. The van der Waals surface area contributed by atoms with E-state index in [1.807, 2.05) is 18.8 Å². The number of nitrogens with one attached hydrogen (secondary N) is 2. The average Bonchev–Trinajstić information content (AvgIpc) is 3.21. The highest BCUT2D eigenvalue weighted by atomic mass is 15.3. The van der Waals surface area contributed by atoms with Gasteiger partial charge in [0.15, 0.2) is 5.96 Å². The van der Waals surface area contributed by atoms with E-state index < -0.39 is 0 Å². The van der Waals surface area contributed by atoms with E-state index >= 15 is 0 Å². The summed E-state index contributed by atoms with van der Waals surface area (Å²) in [5.74, 6) is 1.30. The van der Waals surface area contributed by atoms with Crippen LogP contribution >= 0.6 is 0 Å². The molecular weight excluding hydrogens is 348 g/mol. The Kier molecular flexibility index (Phi) is 6.07. The molecule has 1 aromatic carbocycles. The number of aryl methyl sites for hydroxylation is 2. The molecule has 6 nitrogen and oxygen atoms in total. The van der Waals surface area contributed by atoms with Crippen molar-refractivity contribution < 1.29 is 0 Å². The highest BCUT2D eigenvalue weighted by molar-refractivity contribution is 5.84. The lowest BCUT2D eigenvalue weighted by atomic mass is 10.1. The number of benzene rings is 1. The van der Waals surface area contributed by atoms with Crippen molar-refractivity contribution in [2.24, 2.45) is 12.0 Å². The van der Waals surface area contributed by atoms with Crippen LogP contribution in [0, 0.1) is 6.92 Å². The molecule has 2 N–H and O–H groups in total. The first kappa shape index (κ1) is 20.0. The minimum absolute atomic E-state index is 0.407. The molecule has 3 rings (SSSR count). The van der Waals surface area contributed by atoms with Gasteiger partial charge in [-0.15, -0.1) is 0 Å². The molecule has 0 unspecified atom stereocenters. The fourth-order valence-electron chi connectivity index (χ4n) is 3.69. The summed E-state index contributed by atoms with van der Waals surface area (Å²) in [5, 5.41) is 9.40. The quantitative estimate of drug-likeness (QED) is 0.507. The van der Waals surface area contributed by atoms with Gasteiger partial charge in [-0.2, -0.15) is 5.10 Å². The SMILES string of the molecule is CN=C(NCCc1c[nH]c2cc(C)ccc12)N(C)Cc1cn(C)nc1C(C)C. The third kappa shape index (κ3) is 4.38. The Hall–Kier alpha value is -2.76. The first-order valence-corrected chi connectivity index (χ1v) is 9.89. The Morgan fingerprint density at radius 2 is 2.11 bits per heavy atom. The largest absolute Gasteiger partial charge is 0.361 e. The minimum Gasteiger partial charge on any atom is -0.361 e. The van der Waals surface area contributed by atoms with Gasteiger partial charge in [-0.3, -0.25) is 9.67 Å². The topological polar surface area (TPSA) is 61.2 Å². The zero-order valence-electron chi connectivity index (χ0n) is 17.9. The summed E-state index contributed by atoms with van der Waals surface area (Å²) in [5.41, 5.74) is 6.20. The number of aromatic amines is 1. The van der Waals surface area contributed by atoms with Crippen molar-refractivity contribution in [3.63, 3.8) is 0 Å². The first-order chi connectivity index (χ1) is 13.4. The van der Waals surface area contributed by atoms with Crippen molar-refractivity contribution in [2.45, 2.75) is 39.7 Å². The second-order valence-electron chi connectivity index (χ2n) is 7.81. The number of rotatable bonds is 6. The molecule has 0 radical (unpaired) electrons. The number of fused-ring (bicyclic) bond motifs is 1. The summed E-state index contributed by atoms with van der Waals surface area (Å²) >= 11 is 0. The molecule has 0 aliphatic rings. The molecule has 0 aliphatic carbocycles. The summed E-state index contributed by atoms with van der Waals surface area (Å²) < 4.78 is 1.90. The first-order valence-electron chi connectivity index (χ1n) is 9.89. The zero-order chi connectivity index (χ0) is 20.3. The maximum Gasteiger partial charge on any atom is 0.193 e. The van der Waals surface area contributed by atoms with Crippen LogP contribution in [0.25, 0.3) is 10.9 Å². The van der Waals surface area contributed by atoms with Gasteiger partial charge in [-0.1, -0.05) is 26.0 Å². The molecule has 150 valence electrons. The molecule has 2 heterocycles. The van der Waals surface area contributed by atoms with E-state index in [1.54, 1.807) is 0 Å². The molecule has 0 spiro atoms. The van der Waals surface area contributed by atoms with Crippen LogP contribution in [-0.2, 0) is 20.0 Å². The van der Waals surface area contributed by atoms with Crippen molar-refractivity contribution >= 4 is 16.9 Å². The van der Waals surface area contributed by atoms with Crippen molar-refractivity contribution in [1.29, 1.82) is 0 Å². The minimum atomic E-state index is 0.407. The Bertz CT molecular complexity index is 963. The summed E-state index contributed by atoms with van der Waals surface area (Å²) in [6, 6.07) is 6.56. The van der Waals surface area contributed by atoms with Crippen molar-refractivity contribution in [1.82, 2.24) is 25.0 Å². The number of H-pyrrole nitrogens is 1. The number of guanidine groups is 1. The molecule has 6 heteroatoms. The molecule has 28 heavy (non-hydrogen) atoms. The number of aliphatic imine (C=N–C) groups is 1. The van der Waals surface area contributed by atoms with E-state index in [9.17, 15) is 0 Å². The molecule has 3 aromatic rings. The van der Waals surface area contributed by atoms with E-state index in [0.29, 0.717) is 5.92 Å². The van der Waals surface area contributed by atoms with Gasteiger partial charge in [0.2, 0.25) is 0 Å². The second kappa shape index (κ2) is 8.50. The van der Waals surface area contributed by atoms with Crippen LogP contribution in [-0.4, -0.2) is 46.3 Å². The van der Waals surface area contributed by atoms with Gasteiger partial charge in [0.25, 0.3) is 0 Å². The van der Waals surface area contributed by atoms with Gasteiger partial charge in [0.1, 0.15) is 0 Å². The van der Waals surface area contributed by atoms with E-state index in [2.05, 4.69) is 83.7 Å². The smallest absolute Gasteiger partial charge is 0.193 e. The molecule has 0 fully saturated rings. The molecule has 0 aliphatic heterocycles. The van der Waals surface area contributed by atoms with E-state index in [1.165, 1.54) is 27.6 Å². The lowest BCUT2D eigenvalue weighted by Crippen LogP contribution is -2.39. The van der Waals surface area contributed by atoms with Gasteiger partial charge in [-0.05, 0) is 36.5 Å². The lowest BCUT2D eigenvalue weighted by Gasteiger charge is -2.22. The molecular formula is C22H32N6. The van der Waals surface area contributed by atoms with Gasteiger partial charge in [-0.25, -0.2) is 0 Å². The van der Waals surface area contributed by atoms with Crippen LogP contribution in [0.1, 0.15) is 42.1 Å². The fraction of sp³-hybridized carbons (Fsp3) is 0.455. The van der Waals surface area contributed by atoms with Gasteiger partial charge >= 0.3 is 0 Å². The van der Waals surface area contributed by atoms with E-state index in [0.717, 1.165) is 31.2 Å². The van der Waals surface area contributed by atoms with Gasteiger partial charge in [0.05, 0.1) is 5.69 Å². The maximum atomic E-state index is 4.61. The molecule has 0 bridgehead atoms. The van der Waals surface area contributed by atoms with Crippen molar-refractivity contribution in [3.05, 3.63) is 53.0 Å². The molecule has 0 saturated carbocycles. The Morgan fingerprint density at radius 1 is 1.32 bits per heavy atom. The summed E-state index contributed by atoms with van der Waals surface area (Å²) in [6.45, 7) is 8.10. The number of nitrogens with zero attached hydrogens (tertiary/aromatic N) is 4. The Morgan fingerprint density at radius 3 is 2.82 bits per heavy atom. The third-order valence-corrected chi connectivity index (χ3v) is 5.07. The highest BCUT2D eigenvalue weighted by Crippen LogP contribution is 2.20. The molecule has 0 atom stereocenters. The summed E-state index contributed by atoms with van der Waals surface area (Å²) in [4.78, 5) is 9.99. The van der Waals surface area contributed by atoms with E-state index in [-0.39, 0.29) is 0 Å². The van der Waals surface area contributed by atoms with Crippen LogP contribution in [0.2, 0.25) is 0 Å². The maximum absolute atomic E-state index is 4.61. The van der Waals surface area contributed by atoms with Crippen molar-refractivity contribution in [2.75, 3.05) is 20.6 Å². The zero-order valence-corrected chi connectivity index (χ0v) is 17.9. The third-order valence-electron chi connectivity index (χ3n) is 5.07. The van der Waals surface area contributed by atoms with Crippen LogP contribution in [0.4, 0.5) is 0 Å². The Balaban J connectivity index is 1.61.